The van der Waals surface area contributed by atoms with E-state index in [0.717, 1.165) is 3.97 Å². The standard InChI is InChI=1S/C24H25F3N6O3S/c1-15(2)18-12-32(23(34)30-14-24(25,26)27)13-20(18)31-21-17-9-10-33(22(17)29-11-19(21)28-3)37(35,36)16-7-5-4-6-8-16/h4-11,15,18,20H,12-14H2,1-2H3,(H,29,31)(H,30,34)/t18-,20-/m0/s1. The Labute approximate surface area is 212 Å². The SMILES string of the molecule is [C-]#[N+]c1cnc2c(ccn2S(=O)(=O)c2ccccc2)c1N[C@H]1CN(C(=O)NCC(F)(F)F)C[C@H]1C(C)C. The highest BCUT2D eigenvalue weighted by Gasteiger charge is 2.38. The molecule has 196 valence electrons. The van der Waals surface area contributed by atoms with Gasteiger partial charge in [-0.15, -0.1) is 0 Å². The topological polar surface area (TPSA) is 101 Å². The zero-order valence-electron chi connectivity index (χ0n) is 20.0. The molecule has 37 heavy (non-hydrogen) atoms. The molecule has 2 atom stereocenters. The highest BCUT2D eigenvalue weighted by atomic mass is 32.2. The van der Waals surface area contributed by atoms with E-state index in [2.05, 4.69) is 15.1 Å². The zero-order valence-corrected chi connectivity index (χ0v) is 20.8. The number of hydrogen-bond donors (Lipinski definition) is 2. The summed E-state index contributed by atoms with van der Waals surface area (Å²) in [5.74, 6) is -0.0664. The first-order chi connectivity index (χ1) is 17.4. The van der Waals surface area contributed by atoms with Crippen LogP contribution in [0.15, 0.2) is 53.7 Å². The van der Waals surface area contributed by atoms with E-state index in [-0.39, 0.29) is 41.2 Å². The van der Waals surface area contributed by atoms with Gasteiger partial charge in [0.15, 0.2) is 5.65 Å². The fraction of sp³-hybridized carbons (Fsp3) is 0.375. The van der Waals surface area contributed by atoms with Crippen LogP contribution in [0.4, 0.5) is 29.3 Å². The third kappa shape index (κ3) is 5.34. The minimum atomic E-state index is -4.52. The molecule has 1 aromatic carbocycles. The van der Waals surface area contributed by atoms with Gasteiger partial charge in [-0.05, 0) is 24.1 Å². The summed E-state index contributed by atoms with van der Waals surface area (Å²) < 4.78 is 65.2. The van der Waals surface area contributed by atoms with Gasteiger partial charge in [0.1, 0.15) is 6.54 Å². The van der Waals surface area contributed by atoms with Crippen LogP contribution in [0, 0.1) is 18.4 Å². The van der Waals surface area contributed by atoms with Crippen molar-refractivity contribution in [1.82, 2.24) is 19.2 Å². The van der Waals surface area contributed by atoms with Crippen molar-refractivity contribution in [2.24, 2.45) is 11.8 Å². The maximum atomic E-state index is 13.2. The average molecular weight is 535 g/mol. The van der Waals surface area contributed by atoms with E-state index >= 15 is 0 Å². The fourth-order valence-corrected chi connectivity index (χ4v) is 5.81. The Balaban J connectivity index is 1.67. The molecule has 0 saturated carbocycles. The number of rotatable bonds is 6. The Hall–Kier alpha value is -3.79. The molecule has 2 N–H and O–H groups in total. The predicted octanol–water partition coefficient (Wildman–Crippen LogP) is 4.46. The monoisotopic (exact) mass is 534 g/mol. The number of likely N-dealkylation sites (tertiary alicyclic amines) is 1. The van der Waals surface area contributed by atoms with Gasteiger partial charge in [-0.25, -0.2) is 27.0 Å². The number of benzene rings is 1. The van der Waals surface area contributed by atoms with Crippen molar-refractivity contribution in [1.29, 1.82) is 0 Å². The molecule has 0 unspecified atom stereocenters. The lowest BCUT2D eigenvalue weighted by molar-refractivity contribution is -0.123. The first kappa shape index (κ1) is 26.3. The molecule has 1 aliphatic heterocycles. The molecule has 0 aliphatic carbocycles. The molecule has 9 nitrogen and oxygen atoms in total. The molecular weight excluding hydrogens is 509 g/mol. The van der Waals surface area contributed by atoms with Gasteiger partial charge in [-0.1, -0.05) is 32.0 Å². The minimum Gasteiger partial charge on any atom is -0.388 e. The third-order valence-electron chi connectivity index (χ3n) is 6.36. The van der Waals surface area contributed by atoms with Crippen LogP contribution in [0.2, 0.25) is 0 Å². The molecule has 1 fully saturated rings. The van der Waals surface area contributed by atoms with Gasteiger partial charge in [-0.2, -0.15) is 13.2 Å². The molecular formula is C24H25F3N6O3S. The quantitative estimate of drug-likeness (QED) is 0.455. The molecule has 0 radical (unpaired) electrons. The van der Waals surface area contributed by atoms with Crippen molar-refractivity contribution in [3.8, 4) is 0 Å². The van der Waals surface area contributed by atoms with Gasteiger partial charge in [0.05, 0.1) is 17.2 Å². The number of aromatic nitrogens is 2. The molecule has 0 spiro atoms. The number of anilines is 1. The van der Waals surface area contributed by atoms with E-state index in [1.54, 1.807) is 24.3 Å². The van der Waals surface area contributed by atoms with Crippen LogP contribution in [-0.2, 0) is 10.0 Å². The second kappa shape index (κ2) is 9.93. The largest absolute Gasteiger partial charge is 0.405 e. The van der Waals surface area contributed by atoms with Crippen molar-refractivity contribution >= 4 is 38.5 Å². The van der Waals surface area contributed by atoms with Crippen LogP contribution in [0.1, 0.15) is 13.8 Å². The van der Waals surface area contributed by atoms with Gasteiger partial charge < -0.3 is 15.5 Å². The molecule has 2 amide bonds. The highest BCUT2D eigenvalue weighted by Crippen LogP contribution is 2.37. The van der Waals surface area contributed by atoms with E-state index in [9.17, 15) is 26.4 Å². The molecule has 3 aromatic rings. The summed E-state index contributed by atoms with van der Waals surface area (Å²) in [6, 6.07) is 8.20. The molecule has 0 bridgehead atoms. The number of halogens is 3. The average Bonchev–Trinajstić information content (AvgIpc) is 3.48. The van der Waals surface area contributed by atoms with Gasteiger partial charge in [0, 0.05) is 42.8 Å². The first-order valence-corrected chi connectivity index (χ1v) is 12.9. The molecule has 1 saturated heterocycles. The second-order valence-corrected chi connectivity index (χ2v) is 10.9. The summed E-state index contributed by atoms with van der Waals surface area (Å²) in [4.78, 5) is 21.5. The minimum absolute atomic E-state index is 0.0645. The van der Waals surface area contributed by atoms with E-state index in [4.69, 9.17) is 6.57 Å². The molecule has 13 heteroatoms. The normalized spacial score (nSPS) is 18.2. The van der Waals surface area contributed by atoms with Crippen LogP contribution >= 0.6 is 0 Å². The van der Waals surface area contributed by atoms with Crippen molar-refractivity contribution in [3.05, 3.63) is 60.2 Å². The smallest absolute Gasteiger partial charge is 0.388 e. The van der Waals surface area contributed by atoms with Crippen LogP contribution in [0.3, 0.4) is 0 Å². The van der Waals surface area contributed by atoms with E-state index in [1.165, 1.54) is 29.4 Å². The number of urea groups is 1. The lowest BCUT2D eigenvalue weighted by atomic mass is 9.91. The molecule has 1 aliphatic rings. The summed E-state index contributed by atoms with van der Waals surface area (Å²) in [5, 5.41) is 5.59. The number of amides is 2. The van der Waals surface area contributed by atoms with Crippen LogP contribution in [0.5, 0.6) is 0 Å². The van der Waals surface area contributed by atoms with Gasteiger partial charge >= 0.3 is 12.2 Å². The van der Waals surface area contributed by atoms with Gasteiger partial charge in [-0.3, -0.25) is 0 Å². The summed E-state index contributed by atoms with van der Waals surface area (Å²) in [5.41, 5.74) is 0.637. The highest BCUT2D eigenvalue weighted by molar-refractivity contribution is 7.90. The summed E-state index contributed by atoms with van der Waals surface area (Å²) >= 11 is 0. The van der Waals surface area contributed by atoms with Crippen molar-refractivity contribution in [3.63, 3.8) is 0 Å². The molecule has 2 aromatic heterocycles. The van der Waals surface area contributed by atoms with E-state index in [0.29, 0.717) is 11.1 Å². The third-order valence-corrected chi connectivity index (χ3v) is 8.04. The Bertz CT molecular complexity index is 1450. The number of nitrogens with one attached hydrogen (secondary N) is 2. The number of nitrogens with zero attached hydrogens (tertiary/aromatic N) is 4. The number of fused-ring (bicyclic) bond motifs is 1. The number of pyridine rings is 1. The van der Waals surface area contributed by atoms with E-state index < -0.39 is 34.8 Å². The molecule has 3 heterocycles. The number of carbonyl (C=O) groups excluding carboxylic acids is 1. The van der Waals surface area contributed by atoms with Crippen molar-refractivity contribution in [2.75, 3.05) is 25.0 Å². The van der Waals surface area contributed by atoms with Crippen LogP contribution in [-0.4, -0.2) is 60.2 Å². The van der Waals surface area contributed by atoms with Crippen LogP contribution < -0.4 is 10.6 Å². The zero-order chi connectivity index (χ0) is 27.0. The second-order valence-electron chi connectivity index (χ2n) is 9.13. The Morgan fingerprint density at radius 3 is 2.54 bits per heavy atom. The summed E-state index contributed by atoms with van der Waals surface area (Å²) in [6.07, 6.45) is -1.88. The van der Waals surface area contributed by atoms with Crippen LogP contribution in [0.25, 0.3) is 15.9 Å². The maximum absolute atomic E-state index is 13.2. The predicted molar refractivity (Wildman–Crippen MR) is 132 cm³/mol. The van der Waals surface area contributed by atoms with Crippen molar-refractivity contribution < 1.29 is 26.4 Å². The maximum Gasteiger partial charge on any atom is 0.405 e. The van der Waals surface area contributed by atoms with Gasteiger partial charge in [0.25, 0.3) is 10.0 Å². The number of carbonyl (C=O) groups is 1. The Morgan fingerprint density at radius 1 is 1.22 bits per heavy atom. The fourth-order valence-electron chi connectivity index (χ4n) is 4.48. The first-order valence-electron chi connectivity index (χ1n) is 11.5. The Morgan fingerprint density at radius 2 is 1.92 bits per heavy atom. The summed E-state index contributed by atoms with van der Waals surface area (Å²) in [7, 11) is -3.95. The number of alkyl halides is 3. The lowest BCUT2D eigenvalue weighted by Crippen LogP contribution is -2.43. The van der Waals surface area contributed by atoms with Crippen molar-refractivity contribution in [2.45, 2.75) is 31.0 Å². The van der Waals surface area contributed by atoms with Gasteiger partial charge in [0.2, 0.25) is 5.69 Å². The Kier molecular flexibility index (Phi) is 7.05. The van der Waals surface area contributed by atoms with E-state index in [1.807, 2.05) is 19.2 Å². The molecule has 4 rings (SSSR count). The summed E-state index contributed by atoms with van der Waals surface area (Å²) in [6.45, 7) is 10.4. The number of hydrogen-bond acceptors (Lipinski definition) is 5. The lowest BCUT2D eigenvalue weighted by Gasteiger charge is -2.24.